The number of aromatic nitrogens is 3. The van der Waals surface area contributed by atoms with Crippen molar-refractivity contribution in [3.05, 3.63) is 72.6 Å². The van der Waals surface area contributed by atoms with Gasteiger partial charge in [0.05, 0.1) is 5.52 Å². The normalized spacial score (nSPS) is 14.3. The zero-order valence-corrected chi connectivity index (χ0v) is 16.4. The Morgan fingerprint density at radius 3 is 2.47 bits per heavy atom. The molecule has 1 aliphatic heterocycles. The minimum atomic E-state index is -0.588. The van der Waals surface area contributed by atoms with E-state index in [-0.39, 0.29) is 0 Å². The fraction of sp³-hybridized carbons (Fsp3) is 0.208. The first-order valence-electron chi connectivity index (χ1n) is 10.1. The van der Waals surface area contributed by atoms with E-state index in [1.165, 1.54) is 18.6 Å². The number of pyridine rings is 1. The molecule has 2 aromatic heterocycles. The molecule has 30 heavy (non-hydrogen) atoms. The summed E-state index contributed by atoms with van der Waals surface area (Å²) < 4.78 is 27.7. The zero-order valence-electron chi connectivity index (χ0n) is 16.4. The van der Waals surface area contributed by atoms with Crippen molar-refractivity contribution < 1.29 is 8.78 Å². The zero-order chi connectivity index (χ0) is 20.5. The lowest BCUT2D eigenvalue weighted by atomic mass is 10.0. The standard InChI is InChI=1S/C24H20F2N4/c25-18-7-8-19(21(26)14-18)16-6-9-22-20(13-16)24(30-11-2-1-3-12-30)29-23(28-22)17-5-4-10-27-15-17/h4-10,13-15H,1-3,11-12H2. The van der Waals surface area contributed by atoms with Crippen LogP contribution in [0.4, 0.5) is 14.6 Å². The molecule has 0 atom stereocenters. The number of benzene rings is 2. The molecule has 150 valence electrons. The molecule has 0 spiro atoms. The van der Waals surface area contributed by atoms with Crippen LogP contribution in [0.3, 0.4) is 0 Å². The number of piperidine rings is 1. The van der Waals surface area contributed by atoms with Crippen molar-refractivity contribution in [3.63, 3.8) is 0 Å². The summed E-state index contributed by atoms with van der Waals surface area (Å²) in [5.41, 5.74) is 2.68. The van der Waals surface area contributed by atoms with E-state index in [1.54, 1.807) is 12.4 Å². The van der Waals surface area contributed by atoms with Gasteiger partial charge in [-0.2, -0.15) is 0 Å². The van der Waals surface area contributed by atoms with Crippen LogP contribution in [-0.2, 0) is 0 Å². The van der Waals surface area contributed by atoms with Crippen molar-refractivity contribution in [2.75, 3.05) is 18.0 Å². The van der Waals surface area contributed by atoms with Gasteiger partial charge in [-0.05, 0) is 61.2 Å². The third-order valence-corrected chi connectivity index (χ3v) is 5.49. The Bertz CT molecular complexity index is 1200. The largest absolute Gasteiger partial charge is 0.356 e. The summed E-state index contributed by atoms with van der Waals surface area (Å²) in [6.07, 6.45) is 6.91. The molecule has 1 fully saturated rings. The van der Waals surface area contributed by atoms with Gasteiger partial charge in [-0.1, -0.05) is 6.07 Å². The maximum Gasteiger partial charge on any atom is 0.163 e. The van der Waals surface area contributed by atoms with Crippen LogP contribution in [0, 0.1) is 11.6 Å². The highest BCUT2D eigenvalue weighted by Gasteiger charge is 2.19. The molecule has 0 saturated carbocycles. The maximum atomic E-state index is 14.4. The second kappa shape index (κ2) is 7.78. The Morgan fingerprint density at radius 2 is 1.70 bits per heavy atom. The molecule has 0 aliphatic carbocycles. The van der Waals surface area contributed by atoms with E-state index in [4.69, 9.17) is 9.97 Å². The van der Waals surface area contributed by atoms with E-state index in [0.29, 0.717) is 17.0 Å². The van der Waals surface area contributed by atoms with E-state index in [1.807, 2.05) is 30.3 Å². The number of fused-ring (bicyclic) bond motifs is 1. The van der Waals surface area contributed by atoms with Gasteiger partial charge < -0.3 is 4.90 Å². The van der Waals surface area contributed by atoms with Crippen LogP contribution in [0.1, 0.15) is 19.3 Å². The number of anilines is 1. The topological polar surface area (TPSA) is 41.9 Å². The van der Waals surface area contributed by atoms with E-state index in [2.05, 4.69) is 9.88 Å². The summed E-state index contributed by atoms with van der Waals surface area (Å²) >= 11 is 0. The molecule has 0 bridgehead atoms. The molecule has 4 nitrogen and oxygen atoms in total. The Labute approximate surface area is 173 Å². The third-order valence-electron chi connectivity index (χ3n) is 5.49. The summed E-state index contributed by atoms with van der Waals surface area (Å²) in [5, 5.41) is 0.866. The molecule has 6 heteroatoms. The summed E-state index contributed by atoms with van der Waals surface area (Å²) in [5.74, 6) is 0.303. The van der Waals surface area contributed by atoms with Crippen LogP contribution in [-0.4, -0.2) is 28.0 Å². The summed E-state index contributed by atoms with van der Waals surface area (Å²) in [7, 11) is 0. The SMILES string of the molecule is Fc1ccc(-c2ccc3nc(-c4cccnc4)nc(N4CCCCC4)c3c2)c(F)c1. The highest BCUT2D eigenvalue weighted by atomic mass is 19.1. The van der Waals surface area contributed by atoms with Gasteiger partial charge in [0.25, 0.3) is 0 Å². The summed E-state index contributed by atoms with van der Waals surface area (Å²) in [4.78, 5) is 16.1. The summed E-state index contributed by atoms with van der Waals surface area (Å²) in [6, 6.07) is 13.1. The molecule has 0 radical (unpaired) electrons. The van der Waals surface area contributed by atoms with Gasteiger partial charge in [0, 0.05) is 48.1 Å². The van der Waals surface area contributed by atoms with Crippen LogP contribution in [0.15, 0.2) is 60.9 Å². The molecule has 2 aromatic carbocycles. The number of hydrogen-bond donors (Lipinski definition) is 0. The first kappa shape index (κ1) is 18.6. The lowest BCUT2D eigenvalue weighted by molar-refractivity contribution is 0.575. The van der Waals surface area contributed by atoms with Crippen molar-refractivity contribution in [3.8, 4) is 22.5 Å². The quantitative estimate of drug-likeness (QED) is 0.446. The average Bonchev–Trinajstić information content (AvgIpc) is 2.79. The molecule has 3 heterocycles. The third kappa shape index (κ3) is 3.49. The molecular formula is C24H20F2N4. The number of rotatable bonds is 3. The molecular weight excluding hydrogens is 382 g/mol. The van der Waals surface area contributed by atoms with Crippen molar-refractivity contribution in [1.29, 1.82) is 0 Å². The predicted molar refractivity (Wildman–Crippen MR) is 114 cm³/mol. The lowest BCUT2D eigenvalue weighted by Gasteiger charge is -2.29. The van der Waals surface area contributed by atoms with E-state index in [0.717, 1.165) is 54.3 Å². The van der Waals surface area contributed by atoms with Gasteiger partial charge >= 0.3 is 0 Å². The monoisotopic (exact) mass is 402 g/mol. The maximum absolute atomic E-state index is 14.4. The van der Waals surface area contributed by atoms with E-state index >= 15 is 0 Å². The highest BCUT2D eigenvalue weighted by molar-refractivity contribution is 5.94. The second-order valence-electron chi connectivity index (χ2n) is 7.52. The number of nitrogens with zero attached hydrogens (tertiary/aromatic N) is 4. The van der Waals surface area contributed by atoms with Crippen molar-refractivity contribution in [1.82, 2.24) is 15.0 Å². The minimum Gasteiger partial charge on any atom is -0.356 e. The van der Waals surface area contributed by atoms with Gasteiger partial charge in [0.1, 0.15) is 17.5 Å². The Morgan fingerprint density at radius 1 is 0.833 bits per heavy atom. The average molecular weight is 402 g/mol. The Balaban J connectivity index is 1.70. The van der Waals surface area contributed by atoms with E-state index in [9.17, 15) is 8.78 Å². The lowest BCUT2D eigenvalue weighted by Crippen LogP contribution is -2.30. The molecule has 1 saturated heterocycles. The van der Waals surface area contributed by atoms with Crippen LogP contribution in [0.2, 0.25) is 0 Å². The molecule has 1 aliphatic rings. The highest BCUT2D eigenvalue weighted by Crippen LogP contribution is 2.33. The first-order chi connectivity index (χ1) is 14.7. The van der Waals surface area contributed by atoms with E-state index < -0.39 is 11.6 Å². The second-order valence-corrected chi connectivity index (χ2v) is 7.52. The van der Waals surface area contributed by atoms with Crippen LogP contribution >= 0.6 is 0 Å². The van der Waals surface area contributed by atoms with Gasteiger partial charge in [-0.3, -0.25) is 4.98 Å². The van der Waals surface area contributed by atoms with Crippen molar-refractivity contribution in [2.45, 2.75) is 19.3 Å². The van der Waals surface area contributed by atoms with Crippen molar-refractivity contribution in [2.24, 2.45) is 0 Å². The smallest absolute Gasteiger partial charge is 0.163 e. The van der Waals surface area contributed by atoms with Crippen LogP contribution in [0.25, 0.3) is 33.4 Å². The molecule has 0 amide bonds. The Kier molecular flexibility index (Phi) is 4.83. The predicted octanol–water partition coefficient (Wildman–Crippen LogP) is 5.63. The van der Waals surface area contributed by atoms with Gasteiger partial charge in [0.2, 0.25) is 0 Å². The van der Waals surface area contributed by atoms with Gasteiger partial charge in [-0.15, -0.1) is 0 Å². The van der Waals surface area contributed by atoms with Gasteiger partial charge in [0.15, 0.2) is 5.82 Å². The molecule has 5 rings (SSSR count). The molecule has 0 unspecified atom stereocenters. The van der Waals surface area contributed by atoms with Crippen LogP contribution < -0.4 is 4.90 Å². The number of halogens is 2. The fourth-order valence-corrected chi connectivity index (χ4v) is 3.97. The summed E-state index contributed by atoms with van der Waals surface area (Å²) in [6.45, 7) is 1.85. The minimum absolute atomic E-state index is 0.360. The van der Waals surface area contributed by atoms with Crippen LogP contribution in [0.5, 0.6) is 0 Å². The Hall–Kier alpha value is -3.41. The first-order valence-corrected chi connectivity index (χ1v) is 10.1. The fourth-order valence-electron chi connectivity index (χ4n) is 3.97. The van der Waals surface area contributed by atoms with Crippen molar-refractivity contribution >= 4 is 16.7 Å². The van der Waals surface area contributed by atoms with Gasteiger partial charge in [-0.25, -0.2) is 18.7 Å². The number of hydrogen-bond acceptors (Lipinski definition) is 4. The molecule has 4 aromatic rings. The molecule has 0 N–H and O–H groups in total.